The molecule has 38 heavy (non-hydrogen) atoms. The van der Waals surface area contributed by atoms with Crippen molar-refractivity contribution in [3.8, 4) is 0 Å². The molecule has 0 aliphatic heterocycles. The average Bonchev–Trinajstić information content (AvgIpc) is 2.87. The lowest BCUT2D eigenvalue weighted by molar-refractivity contribution is 0.368. The maximum Gasteiger partial charge on any atom is 0.673 e. The second kappa shape index (κ2) is 35.2. The van der Waals surface area contributed by atoms with Crippen LogP contribution in [0.15, 0.2) is 0 Å². The number of hydrogen-bond donors (Lipinski definition) is 0. The predicted octanol–water partition coefficient (Wildman–Crippen LogP) is 13.7. The van der Waals surface area contributed by atoms with E-state index < -0.39 is 7.25 Å². The predicted molar refractivity (Wildman–Crippen MR) is 170 cm³/mol. The quantitative estimate of drug-likeness (QED) is 0.0349. The molecule has 0 heterocycles. The van der Waals surface area contributed by atoms with Gasteiger partial charge in [0.2, 0.25) is 0 Å². The standard InChI is InChI=1S/C32H67P.BF4/c1-3-5-7-9-11-13-15-17-18-19-20-22-24-26-28-30-32-33-31-29-27-25-23-21-16-14-12-10-8-6-4-2;2-1(3,4)5/h33H,3-32H2,1-2H3;/q;-1/p+1. The van der Waals surface area contributed by atoms with Crippen molar-refractivity contribution in [1.82, 2.24) is 0 Å². The topological polar surface area (TPSA) is 0 Å². The Morgan fingerprint density at radius 2 is 0.474 bits per heavy atom. The Morgan fingerprint density at radius 3 is 0.658 bits per heavy atom. The van der Waals surface area contributed by atoms with Crippen LogP contribution in [0.4, 0.5) is 17.3 Å². The van der Waals surface area contributed by atoms with E-state index >= 15 is 0 Å². The minimum Gasteiger partial charge on any atom is -0.418 e. The summed E-state index contributed by atoms with van der Waals surface area (Å²) in [6.07, 6.45) is 44.8. The summed E-state index contributed by atoms with van der Waals surface area (Å²) in [6, 6.07) is 0. The minimum absolute atomic E-state index is 0.772. The highest BCUT2D eigenvalue weighted by Gasteiger charge is 2.20. The monoisotopic (exact) mass is 571 g/mol. The van der Waals surface area contributed by atoms with Crippen LogP contribution < -0.4 is 0 Å². The molecular formula is C32H68BF4P. The molecule has 0 saturated carbocycles. The van der Waals surface area contributed by atoms with Crippen molar-refractivity contribution in [2.24, 2.45) is 0 Å². The molecule has 0 amide bonds. The molecule has 232 valence electrons. The molecule has 0 radical (unpaired) electrons. The molecule has 0 spiro atoms. The summed E-state index contributed by atoms with van der Waals surface area (Å²) in [5.41, 5.74) is 0. The highest BCUT2D eigenvalue weighted by atomic mass is 31.1. The summed E-state index contributed by atoms with van der Waals surface area (Å²) in [4.78, 5) is 0. The van der Waals surface area contributed by atoms with Gasteiger partial charge in [-0.1, -0.05) is 168 Å². The van der Waals surface area contributed by atoms with E-state index in [2.05, 4.69) is 13.8 Å². The van der Waals surface area contributed by atoms with Gasteiger partial charge in [0, 0.05) is 0 Å². The highest BCUT2D eigenvalue weighted by molar-refractivity contribution is 7.37. The van der Waals surface area contributed by atoms with Crippen LogP contribution in [0.25, 0.3) is 0 Å². The van der Waals surface area contributed by atoms with Gasteiger partial charge < -0.3 is 17.3 Å². The molecule has 6 heteroatoms. The van der Waals surface area contributed by atoms with Crippen LogP contribution in [0, 0.1) is 0 Å². The molecule has 0 aromatic heterocycles. The van der Waals surface area contributed by atoms with Gasteiger partial charge in [0.1, 0.15) is 0 Å². The van der Waals surface area contributed by atoms with Crippen molar-refractivity contribution in [2.75, 3.05) is 12.3 Å². The zero-order valence-electron chi connectivity index (χ0n) is 25.9. The Hall–Kier alpha value is 0.215. The molecule has 0 nitrogen and oxygen atoms in total. The molecule has 0 aromatic rings. The van der Waals surface area contributed by atoms with Crippen molar-refractivity contribution >= 4 is 15.8 Å². The van der Waals surface area contributed by atoms with E-state index in [9.17, 15) is 17.3 Å². The van der Waals surface area contributed by atoms with Gasteiger partial charge in [-0.05, 0) is 34.3 Å². The van der Waals surface area contributed by atoms with Gasteiger partial charge in [0.15, 0.2) is 0 Å². The summed E-state index contributed by atoms with van der Waals surface area (Å²) >= 11 is 0. The fourth-order valence-corrected chi connectivity index (χ4v) is 6.55. The summed E-state index contributed by atoms with van der Waals surface area (Å²) in [5.74, 6) is 0. The Bertz CT molecular complexity index is 371. The number of rotatable bonds is 30. The molecule has 0 aliphatic carbocycles. The molecule has 0 aromatic carbocycles. The van der Waals surface area contributed by atoms with Crippen LogP contribution in [-0.2, 0) is 0 Å². The van der Waals surface area contributed by atoms with Crippen LogP contribution >= 0.6 is 8.58 Å². The van der Waals surface area contributed by atoms with E-state index in [1.807, 2.05) is 0 Å². The summed E-state index contributed by atoms with van der Waals surface area (Å²) < 4.78 is 39.0. The third kappa shape index (κ3) is 49.2. The minimum atomic E-state index is -6.00. The van der Waals surface area contributed by atoms with E-state index in [1.165, 1.54) is 180 Å². The summed E-state index contributed by atoms with van der Waals surface area (Å²) in [7, 11) is -5.23. The van der Waals surface area contributed by atoms with Crippen molar-refractivity contribution in [3.63, 3.8) is 0 Å². The molecule has 0 fully saturated rings. The zero-order valence-corrected chi connectivity index (χ0v) is 27.0. The lowest BCUT2D eigenvalue weighted by Gasteiger charge is -2.03. The highest BCUT2D eigenvalue weighted by Crippen LogP contribution is 2.19. The third-order valence-corrected chi connectivity index (χ3v) is 9.16. The van der Waals surface area contributed by atoms with Gasteiger partial charge in [-0.3, -0.25) is 0 Å². The normalized spacial score (nSPS) is 11.8. The van der Waals surface area contributed by atoms with Crippen LogP contribution in [0.2, 0.25) is 0 Å². The fraction of sp³-hybridized carbons (Fsp3) is 1.00. The second-order valence-corrected chi connectivity index (χ2v) is 13.3. The lowest BCUT2D eigenvalue weighted by Crippen LogP contribution is -2.02. The Balaban J connectivity index is 0. The zero-order chi connectivity index (χ0) is 28.4. The van der Waals surface area contributed by atoms with Gasteiger partial charge in [-0.2, -0.15) is 0 Å². The molecule has 0 saturated heterocycles. The first-order valence-corrected chi connectivity index (χ1v) is 18.7. The molecule has 1 atom stereocenters. The first-order chi connectivity index (χ1) is 18.4. The van der Waals surface area contributed by atoms with Crippen molar-refractivity contribution in [2.45, 2.75) is 194 Å². The van der Waals surface area contributed by atoms with Crippen LogP contribution in [0.3, 0.4) is 0 Å². The first kappa shape index (κ1) is 40.4. The average molecular weight is 571 g/mol. The maximum atomic E-state index is 9.75. The molecular weight excluding hydrogens is 502 g/mol. The van der Waals surface area contributed by atoms with E-state index in [0.717, 1.165) is 8.58 Å². The summed E-state index contributed by atoms with van der Waals surface area (Å²) in [5, 5.41) is 0. The van der Waals surface area contributed by atoms with Crippen molar-refractivity contribution < 1.29 is 17.3 Å². The molecule has 0 aliphatic rings. The number of halogens is 4. The van der Waals surface area contributed by atoms with E-state index in [0.29, 0.717) is 0 Å². The molecule has 0 bridgehead atoms. The van der Waals surface area contributed by atoms with Crippen molar-refractivity contribution in [3.05, 3.63) is 0 Å². The van der Waals surface area contributed by atoms with Gasteiger partial charge in [0.05, 0.1) is 12.3 Å². The van der Waals surface area contributed by atoms with Gasteiger partial charge >= 0.3 is 7.25 Å². The smallest absolute Gasteiger partial charge is 0.418 e. The summed E-state index contributed by atoms with van der Waals surface area (Å²) in [6.45, 7) is 4.62. The Kier molecular flexibility index (Phi) is 37.4. The van der Waals surface area contributed by atoms with Crippen molar-refractivity contribution in [1.29, 1.82) is 0 Å². The molecule has 0 N–H and O–H groups in total. The van der Waals surface area contributed by atoms with Gasteiger partial charge in [-0.15, -0.1) is 0 Å². The van der Waals surface area contributed by atoms with E-state index in [-0.39, 0.29) is 0 Å². The Morgan fingerprint density at radius 1 is 0.316 bits per heavy atom. The van der Waals surface area contributed by atoms with Crippen LogP contribution in [0.5, 0.6) is 0 Å². The van der Waals surface area contributed by atoms with E-state index in [4.69, 9.17) is 0 Å². The maximum absolute atomic E-state index is 9.75. The Labute approximate surface area is 238 Å². The third-order valence-electron chi connectivity index (χ3n) is 7.52. The van der Waals surface area contributed by atoms with Crippen LogP contribution in [0.1, 0.15) is 194 Å². The second-order valence-electron chi connectivity index (χ2n) is 11.6. The largest absolute Gasteiger partial charge is 0.673 e. The molecule has 1 unspecified atom stereocenters. The lowest BCUT2D eigenvalue weighted by atomic mass is 10.0. The van der Waals surface area contributed by atoms with E-state index in [1.54, 1.807) is 12.3 Å². The first-order valence-electron chi connectivity index (χ1n) is 17.1. The fourth-order valence-electron chi connectivity index (χ4n) is 5.11. The van der Waals surface area contributed by atoms with Gasteiger partial charge in [0.25, 0.3) is 0 Å². The van der Waals surface area contributed by atoms with Crippen LogP contribution in [-0.4, -0.2) is 19.6 Å². The molecule has 0 rings (SSSR count). The van der Waals surface area contributed by atoms with Gasteiger partial charge in [-0.25, -0.2) is 0 Å². The number of unbranched alkanes of at least 4 members (excludes halogenated alkanes) is 26. The number of hydrogen-bond acceptors (Lipinski definition) is 0. The SMILES string of the molecule is CCCCCCCCCCCCCCCCCC[PH2+]CCCCCCCCCCCCCC.F[B-](F)(F)F.